The average Bonchev–Trinajstić information content (AvgIpc) is 3.08. The van der Waals surface area contributed by atoms with Crippen LogP contribution in [0.3, 0.4) is 0 Å². The van der Waals surface area contributed by atoms with Crippen molar-refractivity contribution in [1.29, 1.82) is 0 Å². The van der Waals surface area contributed by atoms with Crippen LogP contribution in [0.4, 0.5) is 28.1 Å². The molecule has 1 aromatic carbocycles. The Morgan fingerprint density at radius 2 is 1.56 bits per heavy atom. The number of esters is 2. The van der Waals surface area contributed by atoms with Crippen molar-refractivity contribution in [2.45, 2.75) is 13.8 Å². The van der Waals surface area contributed by atoms with Gasteiger partial charge in [0.25, 0.3) is 0 Å². The Hall–Kier alpha value is -4.13. The fourth-order valence-corrected chi connectivity index (χ4v) is 3.48. The van der Waals surface area contributed by atoms with E-state index in [0.29, 0.717) is 5.13 Å². The second-order valence-electron chi connectivity index (χ2n) is 6.37. The number of carbonyl (C=O) groups excluding carboxylic acids is 2. The molecule has 0 saturated carbocycles. The average molecular weight is 458 g/mol. The summed E-state index contributed by atoms with van der Waals surface area (Å²) in [5.74, 6) is -1.63. The molecule has 2 N–H and O–H groups in total. The molecule has 0 saturated heterocycles. The van der Waals surface area contributed by atoms with Crippen LogP contribution in [0.2, 0.25) is 0 Å². The first-order valence-electron chi connectivity index (χ1n) is 9.02. The van der Waals surface area contributed by atoms with E-state index < -0.39 is 22.5 Å². The quantitative estimate of drug-likeness (QED) is 0.303. The number of aromatic nitrogens is 3. The van der Waals surface area contributed by atoms with E-state index in [1.807, 2.05) is 13.8 Å². The van der Waals surface area contributed by atoms with E-state index in [-0.39, 0.29) is 28.5 Å². The van der Waals surface area contributed by atoms with Gasteiger partial charge in [-0.05, 0) is 32.0 Å². The Kier molecular flexibility index (Phi) is 6.59. The SMILES string of the molecule is COC(=O)c1cc(Nc2ncnc(Nc3nc(C)c(C)s3)c2[N+](=O)[O-])cc(C(=O)OC)c1. The number of nitrogens with one attached hydrogen (secondary N) is 2. The maximum atomic E-state index is 12.0. The smallest absolute Gasteiger partial charge is 0.353 e. The molecule has 3 rings (SSSR count). The van der Waals surface area contributed by atoms with Gasteiger partial charge in [0.1, 0.15) is 6.33 Å². The van der Waals surface area contributed by atoms with Gasteiger partial charge in [-0.2, -0.15) is 0 Å². The molecule has 0 spiro atoms. The summed E-state index contributed by atoms with van der Waals surface area (Å²) in [6, 6.07) is 4.02. The molecule has 13 heteroatoms. The molecule has 0 unspecified atom stereocenters. The third kappa shape index (κ3) is 4.78. The molecule has 0 fully saturated rings. The predicted octanol–water partition coefficient (Wildman–Crippen LogP) is 3.52. The van der Waals surface area contributed by atoms with Crippen LogP contribution in [0.1, 0.15) is 31.3 Å². The maximum Gasteiger partial charge on any atom is 0.353 e. The lowest BCUT2D eigenvalue weighted by molar-refractivity contribution is -0.383. The summed E-state index contributed by atoms with van der Waals surface area (Å²) in [7, 11) is 2.38. The summed E-state index contributed by atoms with van der Waals surface area (Å²) < 4.78 is 9.40. The van der Waals surface area contributed by atoms with Gasteiger partial charge in [0.2, 0.25) is 11.6 Å². The van der Waals surface area contributed by atoms with Gasteiger partial charge in [0.15, 0.2) is 5.13 Å². The molecule has 0 amide bonds. The molecule has 0 aliphatic carbocycles. The molecule has 12 nitrogen and oxygen atoms in total. The van der Waals surface area contributed by atoms with Crippen molar-refractivity contribution in [2.24, 2.45) is 0 Å². The highest BCUT2D eigenvalue weighted by Gasteiger charge is 2.25. The first-order chi connectivity index (χ1) is 15.2. The highest BCUT2D eigenvalue weighted by Crippen LogP contribution is 2.34. The van der Waals surface area contributed by atoms with Crippen LogP contribution in [-0.2, 0) is 9.47 Å². The summed E-state index contributed by atoms with van der Waals surface area (Å²) in [5, 5.41) is 17.9. The topological polar surface area (TPSA) is 158 Å². The Morgan fingerprint density at radius 3 is 2.03 bits per heavy atom. The minimum atomic E-state index is -0.701. The van der Waals surface area contributed by atoms with Crippen LogP contribution in [0.25, 0.3) is 0 Å². The standard InChI is InChI=1S/C19H18N6O6S/c1-9-10(2)32-19(22-9)24-16-14(25(28)29)15(20-8-21-16)23-13-6-11(17(26)30-3)5-12(7-13)18(27)31-4/h5-8H,1-4H3,(H2,20,21,22,23,24). The zero-order valence-corrected chi connectivity index (χ0v) is 18.3. The Bertz CT molecular complexity index is 1160. The summed E-state index contributed by atoms with van der Waals surface area (Å²) in [4.78, 5) is 48.3. The lowest BCUT2D eigenvalue weighted by Crippen LogP contribution is -2.09. The molecule has 0 bridgehead atoms. The van der Waals surface area contributed by atoms with E-state index in [0.717, 1.165) is 16.9 Å². The predicted molar refractivity (Wildman–Crippen MR) is 116 cm³/mol. The first kappa shape index (κ1) is 22.6. The lowest BCUT2D eigenvalue weighted by atomic mass is 10.1. The minimum Gasteiger partial charge on any atom is -0.465 e. The van der Waals surface area contributed by atoms with E-state index in [1.54, 1.807) is 0 Å². The number of methoxy groups -OCH3 is 2. The number of aryl methyl sites for hydroxylation is 2. The van der Waals surface area contributed by atoms with Crippen LogP contribution in [0.15, 0.2) is 24.5 Å². The third-order valence-corrected chi connectivity index (χ3v) is 5.28. The number of anilines is 4. The summed E-state index contributed by atoms with van der Waals surface area (Å²) in [6.45, 7) is 3.71. The third-order valence-electron chi connectivity index (χ3n) is 4.30. The van der Waals surface area contributed by atoms with Gasteiger partial charge < -0.3 is 20.1 Å². The minimum absolute atomic E-state index is 0.0432. The molecule has 3 aromatic rings. The van der Waals surface area contributed by atoms with Crippen LogP contribution in [0, 0.1) is 24.0 Å². The molecule has 0 atom stereocenters. The number of ether oxygens (including phenoxy) is 2. The normalized spacial score (nSPS) is 10.4. The second kappa shape index (κ2) is 9.34. The van der Waals surface area contributed by atoms with Crippen LogP contribution in [-0.4, -0.2) is 46.0 Å². The zero-order chi connectivity index (χ0) is 23.4. The van der Waals surface area contributed by atoms with Crippen molar-refractivity contribution in [3.8, 4) is 0 Å². The number of nitrogens with zero attached hydrogens (tertiary/aromatic N) is 4. The van der Waals surface area contributed by atoms with Crippen molar-refractivity contribution < 1.29 is 24.0 Å². The summed E-state index contributed by atoms with van der Waals surface area (Å²) >= 11 is 1.33. The van der Waals surface area contributed by atoms with E-state index in [4.69, 9.17) is 9.47 Å². The van der Waals surface area contributed by atoms with Gasteiger partial charge in [-0.1, -0.05) is 0 Å². The molecular formula is C19H18N6O6S. The molecule has 2 heterocycles. The highest BCUT2D eigenvalue weighted by atomic mass is 32.1. The summed E-state index contributed by atoms with van der Waals surface area (Å²) in [6.07, 6.45) is 1.14. The van der Waals surface area contributed by atoms with Crippen molar-refractivity contribution in [2.75, 3.05) is 24.9 Å². The van der Waals surface area contributed by atoms with Crippen LogP contribution >= 0.6 is 11.3 Å². The molecule has 0 aliphatic rings. The van der Waals surface area contributed by atoms with Crippen molar-refractivity contribution in [1.82, 2.24) is 15.0 Å². The van der Waals surface area contributed by atoms with Gasteiger partial charge in [0.05, 0.1) is 36.0 Å². The highest BCUT2D eigenvalue weighted by molar-refractivity contribution is 7.15. The van der Waals surface area contributed by atoms with Crippen molar-refractivity contribution in [3.05, 3.63) is 56.3 Å². The molecule has 166 valence electrons. The number of benzene rings is 1. The van der Waals surface area contributed by atoms with Gasteiger partial charge in [-0.25, -0.2) is 24.5 Å². The van der Waals surface area contributed by atoms with E-state index in [9.17, 15) is 19.7 Å². The second-order valence-corrected chi connectivity index (χ2v) is 7.57. The number of carbonyl (C=O) groups is 2. The summed E-state index contributed by atoms with van der Waals surface area (Å²) in [5.41, 5.74) is 0.619. The molecule has 0 aliphatic heterocycles. The Balaban J connectivity index is 2.04. The molecular weight excluding hydrogens is 440 g/mol. The fraction of sp³-hybridized carbons (Fsp3) is 0.211. The van der Waals surface area contributed by atoms with Gasteiger partial charge in [-0.15, -0.1) is 11.3 Å². The fourth-order valence-electron chi connectivity index (χ4n) is 2.67. The number of thiazole rings is 1. The number of hydrogen-bond acceptors (Lipinski definition) is 12. The van der Waals surface area contributed by atoms with E-state index in [2.05, 4.69) is 25.6 Å². The first-order valence-corrected chi connectivity index (χ1v) is 9.84. The van der Waals surface area contributed by atoms with Crippen LogP contribution in [0.5, 0.6) is 0 Å². The lowest BCUT2D eigenvalue weighted by Gasteiger charge is -2.11. The van der Waals surface area contributed by atoms with E-state index >= 15 is 0 Å². The van der Waals surface area contributed by atoms with Crippen molar-refractivity contribution >= 4 is 51.4 Å². The van der Waals surface area contributed by atoms with Gasteiger partial charge >= 0.3 is 17.6 Å². The zero-order valence-electron chi connectivity index (χ0n) is 17.5. The monoisotopic (exact) mass is 458 g/mol. The number of hydrogen-bond donors (Lipinski definition) is 2. The molecule has 2 aromatic heterocycles. The largest absolute Gasteiger partial charge is 0.465 e. The Labute approximate surface area is 185 Å². The van der Waals surface area contributed by atoms with Gasteiger partial charge in [0, 0.05) is 10.6 Å². The Morgan fingerprint density at radius 1 is 1.00 bits per heavy atom. The molecule has 0 radical (unpaired) electrons. The number of rotatable bonds is 7. The maximum absolute atomic E-state index is 12.0. The van der Waals surface area contributed by atoms with Crippen molar-refractivity contribution in [3.63, 3.8) is 0 Å². The van der Waals surface area contributed by atoms with E-state index in [1.165, 1.54) is 43.8 Å². The molecule has 32 heavy (non-hydrogen) atoms. The number of nitro groups is 1. The van der Waals surface area contributed by atoms with Gasteiger partial charge in [-0.3, -0.25) is 10.1 Å². The van der Waals surface area contributed by atoms with Crippen LogP contribution < -0.4 is 10.6 Å².